The Hall–Kier alpha value is -2.04. The van der Waals surface area contributed by atoms with Crippen LogP contribution in [-0.2, 0) is 20.6 Å². The summed E-state index contributed by atoms with van der Waals surface area (Å²) in [7, 11) is -3.70. The topological polar surface area (TPSA) is 92.3 Å². The molecule has 1 atom stereocenters. The van der Waals surface area contributed by atoms with E-state index in [4.69, 9.17) is 23.2 Å². The Morgan fingerprint density at radius 2 is 1.85 bits per heavy atom. The Balaban J connectivity index is 1.42. The molecule has 1 saturated heterocycles. The van der Waals surface area contributed by atoms with Gasteiger partial charge in [-0.1, -0.05) is 70.4 Å². The van der Waals surface area contributed by atoms with Crippen LogP contribution in [0.25, 0.3) is 10.6 Å². The number of carbonyl (C=O) groups is 1. The van der Waals surface area contributed by atoms with Gasteiger partial charge in [0.05, 0.1) is 11.7 Å². The summed E-state index contributed by atoms with van der Waals surface area (Å²) in [5.41, 5.74) is 2.43. The van der Waals surface area contributed by atoms with Gasteiger partial charge in [-0.2, -0.15) is 0 Å². The van der Waals surface area contributed by atoms with Gasteiger partial charge in [0.1, 0.15) is 5.01 Å². The number of hydrogen-bond donors (Lipinski definition) is 1. The van der Waals surface area contributed by atoms with E-state index in [9.17, 15) is 13.2 Å². The van der Waals surface area contributed by atoms with Crippen LogP contribution in [0.3, 0.4) is 0 Å². The summed E-state index contributed by atoms with van der Waals surface area (Å²) in [6.45, 7) is 2.46. The first-order valence-corrected chi connectivity index (χ1v) is 13.5. The lowest BCUT2D eigenvalue weighted by molar-refractivity contribution is -0.120. The molecule has 1 N–H and O–H groups in total. The molecule has 174 valence electrons. The van der Waals surface area contributed by atoms with Gasteiger partial charge in [0.25, 0.3) is 0 Å². The van der Waals surface area contributed by atoms with Crippen LogP contribution in [0.1, 0.15) is 24.0 Å². The van der Waals surface area contributed by atoms with Crippen LogP contribution in [0.15, 0.2) is 42.5 Å². The van der Waals surface area contributed by atoms with E-state index in [1.807, 2.05) is 31.2 Å². The summed E-state index contributed by atoms with van der Waals surface area (Å²) in [4.78, 5) is 12.9. The highest BCUT2D eigenvalue weighted by atomic mass is 35.5. The van der Waals surface area contributed by atoms with E-state index in [2.05, 4.69) is 15.5 Å². The van der Waals surface area contributed by atoms with E-state index >= 15 is 0 Å². The third kappa shape index (κ3) is 5.73. The van der Waals surface area contributed by atoms with Crippen molar-refractivity contribution in [1.29, 1.82) is 0 Å². The van der Waals surface area contributed by atoms with Crippen molar-refractivity contribution in [3.8, 4) is 10.6 Å². The molecular weight excluding hydrogens is 503 g/mol. The van der Waals surface area contributed by atoms with Gasteiger partial charge in [0.2, 0.25) is 21.1 Å². The fraction of sp³-hybridized carbons (Fsp3) is 0.318. The van der Waals surface area contributed by atoms with E-state index in [1.165, 1.54) is 15.6 Å². The quantitative estimate of drug-likeness (QED) is 0.489. The van der Waals surface area contributed by atoms with E-state index in [0.29, 0.717) is 45.1 Å². The first-order valence-electron chi connectivity index (χ1n) is 10.3. The lowest BCUT2D eigenvalue weighted by atomic mass is 9.99. The van der Waals surface area contributed by atoms with Crippen LogP contribution in [-0.4, -0.2) is 41.9 Å². The number of anilines is 1. The van der Waals surface area contributed by atoms with E-state index in [0.717, 1.165) is 11.1 Å². The molecule has 33 heavy (non-hydrogen) atoms. The van der Waals surface area contributed by atoms with Crippen LogP contribution >= 0.6 is 34.5 Å². The molecule has 0 spiro atoms. The van der Waals surface area contributed by atoms with Crippen LogP contribution in [0.2, 0.25) is 10.0 Å². The third-order valence-electron chi connectivity index (χ3n) is 5.49. The number of aryl methyl sites for hydroxylation is 1. The summed E-state index contributed by atoms with van der Waals surface area (Å²) in [6.07, 6.45) is 1.17. The largest absolute Gasteiger partial charge is 0.300 e. The van der Waals surface area contributed by atoms with Crippen molar-refractivity contribution in [1.82, 2.24) is 14.5 Å². The summed E-state index contributed by atoms with van der Waals surface area (Å²) in [5, 5.41) is 12.7. The maximum atomic E-state index is 13.0. The zero-order chi connectivity index (χ0) is 23.6. The highest BCUT2D eigenvalue weighted by Crippen LogP contribution is 2.30. The zero-order valence-corrected chi connectivity index (χ0v) is 20.9. The van der Waals surface area contributed by atoms with Gasteiger partial charge < -0.3 is 5.32 Å². The number of benzene rings is 2. The summed E-state index contributed by atoms with van der Waals surface area (Å²) in [5.74, 6) is -1.06. The van der Waals surface area contributed by atoms with Crippen molar-refractivity contribution in [3.05, 3.63) is 63.6 Å². The zero-order valence-electron chi connectivity index (χ0n) is 17.8. The summed E-state index contributed by atoms with van der Waals surface area (Å²) in [6, 6.07) is 12.8. The standard InChI is InChI=1S/C22H22Cl2N4O3S2/c1-14-7-9-15(10-8-14)21-26-27-22(32-21)25-20(29)16-4-3-11-28(12-16)33(30,31)13-17-18(23)5-2-6-19(17)24/h2,5-10,16H,3-4,11-13H2,1H3,(H,25,27,29)/t16-/m0/s1. The Kier molecular flexibility index (Phi) is 7.35. The number of nitrogens with one attached hydrogen (secondary N) is 1. The molecular formula is C22H22Cl2N4O3S2. The van der Waals surface area contributed by atoms with Gasteiger partial charge in [0.15, 0.2) is 0 Å². The van der Waals surface area contributed by atoms with Gasteiger partial charge in [0, 0.05) is 34.3 Å². The second kappa shape index (κ2) is 10.1. The summed E-state index contributed by atoms with van der Waals surface area (Å²) < 4.78 is 27.4. The fourth-order valence-electron chi connectivity index (χ4n) is 3.65. The van der Waals surface area contributed by atoms with Crippen LogP contribution in [0.4, 0.5) is 5.13 Å². The Bertz CT molecular complexity index is 1240. The number of sulfonamides is 1. The Morgan fingerprint density at radius 3 is 2.55 bits per heavy atom. The number of nitrogens with zero attached hydrogens (tertiary/aromatic N) is 3. The lowest BCUT2D eigenvalue weighted by Crippen LogP contribution is -2.44. The second-order valence-corrected chi connectivity index (χ2v) is 11.7. The number of piperidine rings is 1. The first-order chi connectivity index (χ1) is 15.7. The molecule has 0 saturated carbocycles. The van der Waals surface area contributed by atoms with Crippen molar-refractivity contribution in [2.75, 3.05) is 18.4 Å². The van der Waals surface area contributed by atoms with Crippen molar-refractivity contribution in [3.63, 3.8) is 0 Å². The minimum absolute atomic E-state index is 0.0971. The average molecular weight is 525 g/mol. The molecule has 2 aromatic carbocycles. The SMILES string of the molecule is Cc1ccc(-c2nnc(NC(=O)[C@H]3CCCN(S(=O)(=O)Cc4c(Cl)cccc4Cl)C3)s2)cc1. The smallest absolute Gasteiger partial charge is 0.230 e. The maximum Gasteiger partial charge on any atom is 0.230 e. The molecule has 0 bridgehead atoms. The highest BCUT2D eigenvalue weighted by Gasteiger charge is 2.33. The van der Waals surface area contributed by atoms with E-state index in [-0.39, 0.29) is 18.2 Å². The average Bonchev–Trinajstić information content (AvgIpc) is 3.25. The van der Waals surface area contributed by atoms with Gasteiger partial charge in [-0.05, 0) is 31.9 Å². The molecule has 0 aliphatic carbocycles. The molecule has 1 aliphatic rings. The van der Waals surface area contributed by atoms with Gasteiger partial charge in [-0.25, -0.2) is 12.7 Å². The van der Waals surface area contributed by atoms with Crippen molar-refractivity contribution in [2.45, 2.75) is 25.5 Å². The van der Waals surface area contributed by atoms with Gasteiger partial charge in [-0.15, -0.1) is 10.2 Å². The predicted octanol–water partition coefficient (Wildman–Crippen LogP) is 5.00. The number of amides is 1. The Labute approximate surface area is 206 Å². The lowest BCUT2D eigenvalue weighted by Gasteiger charge is -2.31. The summed E-state index contributed by atoms with van der Waals surface area (Å²) >= 11 is 13.6. The molecule has 1 aromatic heterocycles. The first kappa shape index (κ1) is 24.1. The number of hydrogen-bond acceptors (Lipinski definition) is 6. The molecule has 0 radical (unpaired) electrons. The van der Waals surface area contributed by atoms with Crippen LogP contribution < -0.4 is 5.32 Å². The van der Waals surface area contributed by atoms with Crippen molar-refractivity contribution >= 4 is 55.6 Å². The molecule has 0 unspecified atom stereocenters. The third-order valence-corrected chi connectivity index (χ3v) is 8.86. The van der Waals surface area contributed by atoms with E-state index < -0.39 is 15.9 Å². The predicted molar refractivity (Wildman–Crippen MR) is 132 cm³/mol. The molecule has 1 amide bonds. The van der Waals surface area contributed by atoms with Crippen molar-refractivity contribution < 1.29 is 13.2 Å². The van der Waals surface area contributed by atoms with Gasteiger partial charge in [-0.3, -0.25) is 4.79 Å². The van der Waals surface area contributed by atoms with Crippen LogP contribution in [0.5, 0.6) is 0 Å². The Morgan fingerprint density at radius 1 is 1.15 bits per heavy atom. The molecule has 4 rings (SSSR count). The monoisotopic (exact) mass is 524 g/mol. The second-order valence-electron chi connectivity index (χ2n) is 7.92. The van der Waals surface area contributed by atoms with Crippen LogP contribution in [0, 0.1) is 12.8 Å². The normalized spacial score (nSPS) is 17.1. The maximum absolute atomic E-state index is 13.0. The van der Waals surface area contributed by atoms with Crippen molar-refractivity contribution in [2.24, 2.45) is 5.92 Å². The molecule has 3 aromatic rings. The van der Waals surface area contributed by atoms with E-state index in [1.54, 1.807) is 18.2 Å². The number of aromatic nitrogens is 2. The number of rotatable bonds is 6. The number of carbonyl (C=O) groups excluding carboxylic acids is 1. The van der Waals surface area contributed by atoms with Gasteiger partial charge >= 0.3 is 0 Å². The molecule has 7 nitrogen and oxygen atoms in total. The number of halogens is 2. The molecule has 1 aliphatic heterocycles. The molecule has 1 fully saturated rings. The molecule has 11 heteroatoms. The minimum Gasteiger partial charge on any atom is -0.300 e. The minimum atomic E-state index is -3.70. The highest BCUT2D eigenvalue weighted by molar-refractivity contribution is 7.88. The molecule has 2 heterocycles. The fourth-order valence-corrected chi connectivity index (χ4v) is 6.76.